The van der Waals surface area contributed by atoms with E-state index in [9.17, 15) is 4.79 Å². The molecule has 0 unspecified atom stereocenters. The minimum Gasteiger partial charge on any atom is -0.381 e. The van der Waals surface area contributed by atoms with Gasteiger partial charge in [-0.3, -0.25) is 4.79 Å². The SMILES string of the molecule is COC1CCN(C(=O)Cc2nc3cnc4[nH]ccc4c3n2C2CCC(C=N)CC2)CC1. The number of fused-ring (bicyclic) bond motifs is 3. The molecule has 0 radical (unpaired) electrons. The second-order valence-corrected chi connectivity index (χ2v) is 8.86. The fourth-order valence-corrected chi connectivity index (χ4v) is 5.27. The standard InChI is InChI=1S/C23H30N6O2/c1-31-17-7-10-28(11-8-17)21(30)12-20-27-19-14-26-23-18(6-9-25-23)22(19)29(20)16-4-2-15(13-24)3-5-16/h6,9,13-17,24H,2-5,7-8,10-12H2,1H3,(H,25,26). The number of carbonyl (C=O) groups excluding carboxylic acids is 1. The van der Waals surface area contributed by atoms with Crippen molar-refractivity contribution in [3.05, 3.63) is 24.3 Å². The van der Waals surface area contributed by atoms with Gasteiger partial charge in [0.25, 0.3) is 0 Å². The van der Waals surface area contributed by atoms with Gasteiger partial charge in [0, 0.05) is 37.8 Å². The first-order valence-corrected chi connectivity index (χ1v) is 11.3. The average Bonchev–Trinajstić information content (AvgIpc) is 3.43. The third-order valence-corrected chi connectivity index (χ3v) is 7.09. The first kappa shape index (κ1) is 20.2. The van der Waals surface area contributed by atoms with Crippen molar-refractivity contribution in [3.8, 4) is 0 Å². The number of likely N-dealkylation sites (tertiary alicyclic amines) is 1. The van der Waals surface area contributed by atoms with Crippen molar-refractivity contribution in [1.29, 1.82) is 5.41 Å². The number of rotatable bonds is 5. The highest BCUT2D eigenvalue weighted by Crippen LogP contribution is 2.36. The lowest BCUT2D eigenvalue weighted by Gasteiger charge is -2.32. The van der Waals surface area contributed by atoms with Gasteiger partial charge in [-0.25, -0.2) is 9.97 Å². The number of imidazole rings is 1. The Bertz CT molecular complexity index is 1090. The van der Waals surface area contributed by atoms with Crippen LogP contribution < -0.4 is 0 Å². The third-order valence-electron chi connectivity index (χ3n) is 7.09. The molecule has 2 N–H and O–H groups in total. The van der Waals surface area contributed by atoms with Gasteiger partial charge in [0.2, 0.25) is 5.91 Å². The van der Waals surface area contributed by atoms with E-state index >= 15 is 0 Å². The van der Waals surface area contributed by atoms with Crippen LogP contribution in [0.15, 0.2) is 18.5 Å². The third kappa shape index (κ3) is 3.73. The summed E-state index contributed by atoms with van der Waals surface area (Å²) in [6, 6.07) is 2.34. The van der Waals surface area contributed by atoms with Crippen molar-refractivity contribution < 1.29 is 9.53 Å². The molecule has 4 heterocycles. The van der Waals surface area contributed by atoms with Gasteiger partial charge in [-0.05, 0) is 56.7 Å². The van der Waals surface area contributed by atoms with Crippen LogP contribution in [0.1, 0.15) is 50.4 Å². The zero-order valence-corrected chi connectivity index (χ0v) is 18.0. The number of nitrogens with zero attached hydrogens (tertiary/aromatic N) is 4. The van der Waals surface area contributed by atoms with E-state index in [4.69, 9.17) is 15.1 Å². The van der Waals surface area contributed by atoms with Crippen LogP contribution >= 0.6 is 0 Å². The van der Waals surface area contributed by atoms with Gasteiger partial charge in [0.1, 0.15) is 17.0 Å². The summed E-state index contributed by atoms with van der Waals surface area (Å²) in [4.78, 5) is 27.7. The van der Waals surface area contributed by atoms with E-state index in [1.54, 1.807) is 13.3 Å². The second kappa shape index (κ2) is 8.42. The summed E-state index contributed by atoms with van der Waals surface area (Å²) in [6.07, 6.45) is 11.7. The molecule has 1 aliphatic carbocycles. The average molecular weight is 423 g/mol. The Kier molecular flexibility index (Phi) is 5.48. The van der Waals surface area contributed by atoms with Crippen molar-refractivity contribution in [3.63, 3.8) is 0 Å². The Morgan fingerprint density at radius 2 is 2.03 bits per heavy atom. The maximum absolute atomic E-state index is 13.2. The zero-order valence-electron chi connectivity index (χ0n) is 18.0. The van der Waals surface area contributed by atoms with Crippen LogP contribution in [0.2, 0.25) is 0 Å². The van der Waals surface area contributed by atoms with Gasteiger partial charge in [-0.15, -0.1) is 0 Å². The van der Waals surface area contributed by atoms with Crippen LogP contribution in [0.25, 0.3) is 22.1 Å². The molecule has 8 heteroatoms. The molecule has 164 valence electrons. The number of nitrogens with one attached hydrogen (secondary N) is 2. The number of pyridine rings is 1. The molecule has 1 saturated carbocycles. The number of aromatic amines is 1. The van der Waals surface area contributed by atoms with E-state index in [2.05, 4.69) is 14.5 Å². The molecule has 0 bridgehead atoms. The summed E-state index contributed by atoms with van der Waals surface area (Å²) in [5, 5.41) is 8.67. The summed E-state index contributed by atoms with van der Waals surface area (Å²) in [6.45, 7) is 1.48. The van der Waals surface area contributed by atoms with Crippen LogP contribution in [-0.2, 0) is 16.0 Å². The Balaban J connectivity index is 1.48. The van der Waals surface area contributed by atoms with Gasteiger partial charge >= 0.3 is 0 Å². The molecule has 0 spiro atoms. The molecule has 0 aromatic carbocycles. The highest BCUT2D eigenvalue weighted by Gasteiger charge is 2.29. The number of hydrogen-bond acceptors (Lipinski definition) is 5. The molecule has 0 atom stereocenters. The van der Waals surface area contributed by atoms with E-state index in [1.165, 1.54) is 0 Å². The van der Waals surface area contributed by atoms with Gasteiger partial charge in [-0.2, -0.15) is 0 Å². The fourth-order valence-electron chi connectivity index (χ4n) is 5.27. The molecule has 3 aromatic rings. The summed E-state index contributed by atoms with van der Waals surface area (Å²) < 4.78 is 7.76. The van der Waals surface area contributed by atoms with Crippen molar-refractivity contribution in [2.24, 2.45) is 5.92 Å². The van der Waals surface area contributed by atoms with Gasteiger partial charge in [0.05, 0.1) is 24.2 Å². The molecule has 5 rings (SSSR count). The Labute approximate surface area is 181 Å². The number of hydrogen-bond donors (Lipinski definition) is 2. The van der Waals surface area contributed by atoms with Gasteiger partial charge < -0.3 is 24.6 Å². The Hall–Kier alpha value is -2.74. The molecular formula is C23H30N6O2. The van der Waals surface area contributed by atoms with Crippen molar-refractivity contribution in [2.75, 3.05) is 20.2 Å². The molecule has 1 aliphatic heterocycles. The molecular weight excluding hydrogens is 392 g/mol. The first-order valence-electron chi connectivity index (χ1n) is 11.3. The van der Waals surface area contributed by atoms with E-state index in [1.807, 2.05) is 23.4 Å². The summed E-state index contributed by atoms with van der Waals surface area (Å²) in [5.41, 5.74) is 2.77. The Morgan fingerprint density at radius 3 is 2.74 bits per heavy atom. The van der Waals surface area contributed by atoms with Crippen molar-refractivity contribution in [2.45, 2.75) is 57.1 Å². The number of amides is 1. The number of piperidine rings is 1. The highest BCUT2D eigenvalue weighted by molar-refractivity contribution is 6.01. The van der Waals surface area contributed by atoms with E-state index in [0.29, 0.717) is 18.4 Å². The normalized spacial score (nSPS) is 22.9. The van der Waals surface area contributed by atoms with Crippen LogP contribution in [0.5, 0.6) is 0 Å². The molecule has 3 aromatic heterocycles. The van der Waals surface area contributed by atoms with Gasteiger partial charge in [0.15, 0.2) is 0 Å². The van der Waals surface area contributed by atoms with Crippen molar-refractivity contribution >= 4 is 34.2 Å². The predicted octanol–water partition coefficient (Wildman–Crippen LogP) is 3.47. The van der Waals surface area contributed by atoms with Crippen LogP contribution in [-0.4, -0.2) is 62.8 Å². The lowest BCUT2D eigenvalue weighted by atomic mass is 9.86. The number of carbonyl (C=O) groups is 1. The fraction of sp³-hybridized carbons (Fsp3) is 0.565. The summed E-state index contributed by atoms with van der Waals surface area (Å²) >= 11 is 0. The second-order valence-electron chi connectivity index (χ2n) is 8.86. The van der Waals surface area contributed by atoms with Crippen LogP contribution in [0.3, 0.4) is 0 Å². The summed E-state index contributed by atoms with van der Waals surface area (Å²) in [7, 11) is 1.74. The summed E-state index contributed by atoms with van der Waals surface area (Å²) in [5.74, 6) is 1.34. The maximum atomic E-state index is 13.2. The Morgan fingerprint density at radius 1 is 1.26 bits per heavy atom. The van der Waals surface area contributed by atoms with E-state index in [0.717, 1.165) is 79.5 Å². The van der Waals surface area contributed by atoms with E-state index < -0.39 is 0 Å². The molecule has 1 saturated heterocycles. The molecule has 31 heavy (non-hydrogen) atoms. The van der Waals surface area contributed by atoms with Crippen LogP contribution in [0, 0.1) is 11.3 Å². The monoisotopic (exact) mass is 422 g/mol. The lowest BCUT2D eigenvalue weighted by Crippen LogP contribution is -2.41. The molecule has 8 nitrogen and oxygen atoms in total. The van der Waals surface area contributed by atoms with Crippen molar-refractivity contribution in [1.82, 2.24) is 24.4 Å². The highest BCUT2D eigenvalue weighted by atomic mass is 16.5. The van der Waals surface area contributed by atoms with Gasteiger partial charge in [-0.1, -0.05) is 0 Å². The predicted molar refractivity (Wildman–Crippen MR) is 119 cm³/mol. The van der Waals surface area contributed by atoms with E-state index in [-0.39, 0.29) is 12.0 Å². The number of aromatic nitrogens is 4. The number of ether oxygens (including phenoxy) is 1. The quantitative estimate of drug-likeness (QED) is 0.615. The molecule has 2 aliphatic rings. The zero-order chi connectivity index (χ0) is 21.4. The number of H-pyrrole nitrogens is 1. The molecule has 1 amide bonds. The minimum atomic E-state index is 0.137. The first-order chi connectivity index (χ1) is 15.2. The molecule has 2 fully saturated rings. The van der Waals surface area contributed by atoms with Crippen LogP contribution in [0.4, 0.5) is 0 Å². The topological polar surface area (TPSA) is 99.9 Å². The largest absolute Gasteiger partial charge is 0.381 e. The maximum Gasteiger partial charge on any atom is 0.230 e. The minimum absolute atomic E-state index is 0.137. The lowest BCUT2D eigenvalue weighted by molar-refractivity contribution is -0.132. The smallest absolute Gasteiger partial charge is 0.230 e. The number of methoxy groups -OCH3 is 1.